The van der Waals surface area contributed by atoms with Gasteiger partial charge in [-0.2, -0.15) is 0 Å². The molecule has 1 aliphatic heterocycles. The summed E-state index contributed by atoms with van der Waals surface area (Å²) in [5.41, 5.74) is 13.0. The summed E-state index contributed by atoms with van der Waals surface area (Å²) < 4.78 is 27.3. The first-order valence-corrected chi connectivity index (χ1v) is 14.8. The van der Waals surface area contributed by atoms with Crippen molar-refractivity contribution in [2.24, 2.45) is 11.5 Å². The number of fused-ring (bicyclic) bond motifs is 1. The third-order valence-corrected chi connectivity index (χ3v) is 8.82. The minimum atomic E-state index is -4.06. The molecule has 1 atom stereocenters. The largest absolute Gasteiger partial charge is 0.478 e. The minimum Gasteiger partial charge on any atom is -0.478 e. The molecule has 222 valence electrons. The monoisotopic (exact) mass is 614 g/mol. The zero-order chi connectivity index (χ0) is 30.8. The summed E-state index contributed by atoms with van der Waals surface area (Å²) in [6.45, 7) is 2.26. The van der Waals surface area contributed by atoms with Gasteiger partial charge in [-0.1, -0.05) is 42.8 Å². The highest BCUT2D eigenvalue weighted by Crippen LogP contribution is 2.48. The van der Waals surface area contributed by atoms with E-state index in [1.165, 1.54) is 36.2 Å². The molecule has 0 saturated heterocycles. The van der Waals surface area contributed by atoms with Gasteiger partial charge < -0.3 is 31.7 Å². The number of nitrogens with one attached hydrogen (secondary N) is 2. The standard InChI is InChI=1S/C28H31ClN6O6S/c1-3-28(26(31)38)32-23-14-21(25(36)37)22(29)15-24(23)35(28)19-8-4-17(5-9-19)12-13-34(2)27(39)33-42(40,41)20-10-6-18(16-30)7-11-20/h4-11,14-15,32H,3,12-13,16,30H2,1-2H3,(H2,31,38)(H,33,39)(H,36,37). The van der Waals surface area contributed by atoms with E-state index < -0.39 is 33.6 Å². The smallest absolute Gasteiger partial charge is 0.337 e. The molecule has 1 aliphatic rings. The lowest BCUT2D eigenvalue weighted by molar-refractivity contribution is -0.122. The van der Waals surface area contributed by atoms with Crippen LogP contribution in [-0.2, 0) is 27.8 Å². The zero-order valence-corrected chi connectivity index (χ0v) is 24.5. The van der Waals surface area contributed by atoms with Crippen LogP contribution in [0.5, 0.6) is 0 Å². The molecule has 0 spiro atoms. The molecule has 1 heterocycles. The number of carboxylic acid groups (broad SMARTS) is 1. The Morgan fingerprint density at radius 2 is 1.69 bits per heavy atom. The third-order valence-electron chi connectivity index (χ3n) is 7.17. The molecular formula is C28H31ClN6O6S. The second kappa shape index (κ2) is 11.9. The quantitative estimate of drug-likeness (QED) is 0.228. The highest BCUT2D eigenvalue weighted by molar-refractivity contribution is 7.90. The first-order valence-electron chi connectivity index (χ1n) is 12.9. The van der Waals surface area contributed by atoms with Gasteiger partial charge in [-0.3, -0.25) is 4.79 Å². The summed E-state index contributed by atoms with van der Waals surface area (Å²) in [4.78, 5) is 39.8. The molecule has 7 N–H and O–H groups in total. The second-order valence-electron chi connectivity index (χ2n) is 9.79. The number of urea groups is 1. The number of hydrogen-bond acceptors (Lipinski definition) is 8. The van der Waals surface area contributed by atoms with Crippen molar-refractivity contribution in [2.45, 2.75) is 36.9 Å². The zero-order valence-electron chi connectivity index (χ0n) is 22.9. The maximum Gasteiger partial charge on any atom is 0.337 e. The minimum absolute atomic E-state index is 0.0111. The average Bonchev–Trinajstić information content (AvgIpc) is 3.29. The Balaban J connectivity index is 1.49. The van der Waals surface area contributed by atoms with Crippen molar-refractivity contribution >= 4 is 56.6 Å². The molecule has 3 amide bonds. The van der Waals surface area contributed by atoms with Gasteiger partial charge in [-0.25, -0.2) is 22.7 Å². The van der Waals surface area contributed by atoms with Crippen molar-refractivity contribution in [1.29, 1.82) is 0 Å². The number of benzene rings is 3. The van der Waals surface area contributed by atoms with E-state index in [9.17, 15) is 27.9 Å². The number of rotatable bonds is 10. The maximum atomic E-state index is 12.7. The van der Waals surface area contributed by atoms with Crippen LogP contribution in [0.25, 0.3) is 0 Å². The summed E-state index contributed by atoms with van der Waals surface area (Å²) >= 11 is 6.25. The Labute approximate surface area is 248 Å². The van der Waals surface area contributed by atoms with Gasteiger partial charge in [0.1, 0.15) is 0 Å². The lowest BCUT2D eigenvalue weighted by Gasteiger charge is -2.36. The Morgan fingerprint density at radius 1 is 1.07 bits per heavy atom. The van der Waals surface area contributed by atoms with Crippen molar-refractivity contribution in [3.05, 3.63) is 82.4 Å². The average molecular weight is 615 g/mol. The topological polar surface area (TPSA) is 188 Å². The van der Waals surface area contributed by atoms with E-state index in [0.29, 0.717) is 23.5 Å². The van der Waals surface area contributed by atoms with Gasteiger partial charge in [0.05, 0.1) is 26.9 Å². The van der Waals surface area contributed by atoms with Gasteiger partial charge in [0, 0.05) is 25.8 Å². The van der Waals surface area contributed by atoms with Gasteiger partial charge in [-0.05, 0) is 60.4 Å². The number of carbonyl (C=O) groups is 3. The number of carbonyl (C=O) groups excluding carboxylic acids is 2. The number of nitrogens with zero attached hydrogens (tertiary/aromatic N) is 2. The summed E-state index contributed by atoms with van der Waals surface area (Å²) in [5, 5.41) is 12.6. The van der Waals surface area contributed by atoms with Crippen LogP contribution in [0.1, 0.15) is 34.8 Å². The van der Waals surface area contributed by atoms with Crippen LogP contribution < -0.4 is 26.4 Å². The highest BCUT2D eigenvalue weighted by atomic mass is 35.5. The van der Waals surface area contributed by atoms with Crippen LogP contribution in [0.15, 0.2) is 65.6 Å². The molecule has 0 radical (unpaired) electrons. The number of halogens is 1. The van der Waals surface area contributed by atoms with E-state index in [2.05, 4.69) is 10.0 Å². The molecule has 12 nitrogen and oxygen atoms in total. The normalized spacial score (nSPS) is 16.0. The van der Waals surface area contributed by atoms with Crippen LogP contribution >= 0.6 is 11.6 Å². The summed E-state index contributed by atoms with van der Waals surface area (Å²) in [5.74, 6) is -1.86. The Bertz CT molecular complexity index is 1630. The molecule has 3 aromatic carbocycles. The van der Waals surface area contributed by atoms with E-state index in [1.54, 1.807) is 36.1 Å². The molecule has 0 bridgehead atoms. The van der Waals surface area contributed by atoms with Crippen LogP contribution in [0.4, 0.5) is 21.9 Å². The van der Waals surface area contributed by atoms with E-state index in [4.69, 9.17) is 23.1 Å². The Kier molecular flexibility index (Phi) is 8.66. The SMILES string of the molecule is CCC1(C(N)=O)Nc2cc(C(=O)O)c(Cl)cc2N1c1ccc(CCN(C)C(=O)NS(=O)(=O)c2ccc(CN)cc2)cc1. The number of carboxylic acids is 1. The molecule has 0 aromatic heterocycles. The molecule has 14 heteroatoms. The summed E-state index contributed by atoms with van der Waals surface area (Å²) in [6.07, 6.45) is 0.672. The van der Waals surface area contributed by atoms with Gasteiger partial charge in [-0.15, -0.1) is 0 Å². The predicted octanol–water partition coefficient (Wildman–Crippen LogP) is 3.22. The number of aromatic carboxylic acids is 1. The molecule has 0 fully saturated rings. The second-order valence-corrected chi connectivity index (χ2v) is 11.9. The van der Waals surface area contributed by atoms with Crippen molar-refractivity contribution in [1.82, 2.24) is 9.62 Å². The van der Waals surface area contributed by atoms with Crippen LogP contribution in [0.2, 0.25) is 5.02 Å². The van der Waals surface area contributed by atoms with Gasteiger partial charge >= 0.3 is 12.0 Å². The first-order chi connectivity index (χ1) is 19.8. The molecule has 1 unspecified atom stereocenters. The van der Waals surface area contributed by atoms with Crippen molar-refractivity contribution in [2.75, 3.05) is 23.8 Å². The van der Waals surface area contributed by atoms with Gasteiger partial charge in [0.25, 0.3) is 15.9 Å². The van der Waals surface area contributed by atoms with E-state index in [1.807, 2.05) is 12.1 Å². The van der Waals surface area contributed by atoms with Crippen molar-refractivity contribution in [3.8, 4) is 0 Å². The number of nitrogens with two attached hydrogens (primary N) is 2. The number of hydrogen-bond donors (Lipinski definition) is 5. The number of sulfonamides is 1. The van der Waals surface area contributed by atoms with E-state index in [-0.39, 0.29) is 35.0 Å². The fourth-order valence-electron chi connectivity index (χ4n) is 4.71. The summed E-state index contributed by atoms with van der Waals surface area (Å²) in [6, 6.07) is 15.2. The lowest BCUT2D eigenvalue weighted by Crippen LogP contribution is -2.57. The fourth-order valence-corrected chi connectivity index (χ4v) is 5.95. The molecule has 4 rings (SSSR count). The number of anilines is 3. The summed E-state index contributed by atoms with van der Waals surface area (Å²) in [7, 11) is -2.57. The lowest BCUT2D eigenvalue weighted by atomic mass is 10.0. The number of likely N-dealkylation sites (N-methyl/N-ethyl adjacent to an activating group) is 1. The predicted molar refractivity (Wildman–Crippen MR) is 159 cm³/mol. The molecule has 3 aromatic rings. The molecule has 0 aliphatic carbocycles. The van der Waals surface area contributed by atoms with Gasteiger partial charge in [0.15, 0.2) is 5.66 Å². The number of amides is 3. The Morgan fingerprint density at radius 3 is 2.24 bits per heavy atom. The van der Waals surface area contributed by atoms with Crippen LogP contribution in [0, 0.1) is 0 Å². The van der Waals surface area contributed by atoms with Crippen molar-refractivity contribution in [3.63, 3.8) is 0 Å². The molecule has 0 saturated carbocycles. The molecular weight excluding hydrogens is 584 g/mol. The van der Waals surface area contributed by atoms with E-state index >= 15 is 0 Å². The van der Waals surface area contributed by atoms with Crippen molar-refractivity contribution < 1.29 is 27.9 Å². The van der Waals surface area contributed by atoms with Crippen LogP contribution in [0.3, 0.4) is 0 Å². The number of primary amides is 1. The van der Waals surface area contributed by atoms with E-state index in [0.717, 1.165) is 11.1 Å². The van der Waals surface area contributed by atoms with Gasteiger partial charge in [0.2, 0.25) is 0 Å². The maximum absolute atomic E-state index is 12.7. The first kappa shape index (κ1) is 30.6. The van der Waals surface area contributed by atoms with Crippen LogP contribution in [-0.4, -0.2) is 55.6 Å². The highest BCUT2D eigenvalue weighted by Gasteiger charge is 2.48. The molecule has 42 heavy (non-hydrogen) atoms. The fraction of sp³-hybridized carbons (Fsp3) is 0.250. The Hall–Kier alpha value is -4.33. The third kappa shape index (κ3) is 5.84.